The number of aliphatic imine (C=N–C) groups is 1. The number of rotatable bonds is 3. The molecule has 0 rings (SSSR count). The van der Waals surface area contributed by atoms with Crippen molar-refractivity contribution >= 4 is 6.21 Å². The molecule has 70 valence electrons. The first kappa shape index (κ1) is 13.7. The van der Waals surface area contributed by atoms with Crippen molar-refractivity contribution in [2.45, 2.75) is 41.0 Å². The number of allylic oxidation sites excluding steroid dienone is 3. The van der Waals surface area contributed by atoms with Crippen molar-refractivity contribution in [2.24, 2.45) is 4.99 Å². The highest BCUT2D eigenvalue weighted by molar-refractivity contribution is 5.71. The van der Waals surface area contributed by atoms with Crippen LogP contribution in [0.5, 0.6) is 0 Å². The summed E-state index contributed by atoms with van der Waals surface area (Å²) in [7, 11) is 0. The Morgan fingerprint density at radius 2 is 1.83 bits per heavy atom. The Kier molecular flexibility index (Phi) is 11.6. The molecule has 0 spiro atoms. The zero-order valence-electron chi connectivity index (χ0n) is 9.02. The Morgan fingerprint density at radius 1 is 1.33 bits per heavy atom. The molecule has 0 aliphatic carbocycles. The van der Waals surface area contributed by atoms with Gasteiger partial charge in [-0.05, 0) is 20.3 Å². The maximum absolute atomic E-state index is 4.20. The van der Waals surface area contributed by atoms with E-state index in [1.165, 1.54) is 5.57 Å². The van der Waals surface area contributed by atoms with Gasteiger partial charge in [0.1, 0.15) is 0 Å². The van der Waals surface area contributed by atoms with Crippen LogP contribution in [0.15, 0.2) is 28.9 Å². The van der Waals surface area contributed by atoms with Crippen LogP contribution in [0.3, 0.4) is 0 Å². The molecular weight excluding hydrogens is 146 g/mol. The maximum atomic E-state index is 4.20. The molecule has 0 heterocycles. The third-order valence-electron chi connectivity index (χ3n) is 1.25. The summed E-state index contributed by atoms with van der Waals surface area (Å²) in [5, 5.41) is 0. The van der Waals surface area contributed by atoms with Crippen LogP contribution in [-0.4, -0.2) is 6.21 Å². The van der Waals surface area contributed by atoms with Gasteiger partial charge in [0.25, 0.3) is 0 Å². The molecular formula is C11H21N. The largest absolute Gasteiger partial charge is 0.261 e. The quantitative estimate of drug-likeness (QED) is 0.564. The molecule has 0 bridgehead atoms. The highest BCUT2D eigenvalue weighted by Gasteiger charge is 1.89. The van der Waals surface area contributed by atoms with E-state index in [0.717, 1.165) is 12.1 Å². The van der Waals surface area contributed by atoms with Gasteiger partial charge in [0.2, 0.25) is 0 Å². The molecule has 1 nitrogen and oxygen atoms in total. The van der Waals surface area contributed by atoms with Gasteiger partial charge in [-0.1, -0.05) is 39.0 Å². The van der Waals surface area contributed by atoms with Crippen molar-refractivity contribution < 1.29 is 0 Å². The van der Waals surface area contributed by atoms with Gasteiger partial charge in [-0.3, -0.25) is 4.99 Å². The SMILES string of the molecule is C=CC=NC(CC)=C(C)C.CC. The minimum atomic E-state index is 0.993. The average molecular weight is 167 g/mol. The fourth-order valence-electron chi connectivity index (χ4n) is 0.717. The van der Waals surface area contributed by atoms with Gasteiger partial charge in [0.05, 0.1) is 0 Å². The maximum Gasteiger partial charge on any atom is 0.0387 e. The fraction of sp³-hybridized carbons (Fsp3) is 0.545. The zero-order valence-corrected chi connectivity index (χ0v) is 9.02. The molecule has 0 aromatic rings. The van der Waals surface area contributed by atoms with E-state index in [4.69, 9.17) is 0 Å². The summed E-state index contributed by atoms with van der Waals surface area (Å²) in [5.41, 5.74) is 2.43. The second-order valence-corrected chi connectivity index (χ2v) is 2.31. The lowest BCUT2D eigenvalue weighted by atomic mass is 10.2. The molecule has 0 fully saturated rings. The van der Waals surface area contributed by atoms with Crippen LogP contribution in [0.4, 0.5) is 0 Å². The molecule has 1 heteroatoms. The standard InChI is InChI=1S/C9H15N.C2H6/c1-5-7-10-9(6-2)8(3)4;1-2/h5,7H,1,6H2,2-4H3;1-2H3. The van der Waals surface area contributed by atoms with Crippen LogP contribution < -0.4 is 0 Å². The average Bonchev–Trinajstić information content (AvgIpc) is 2.09. The van der Waals surface area contributed by atoms with E-state index in [2.05, 4.69) is 32.3 Å². The monoisotopic (exact) mass is 167 g/mol. The Bertz CT molecular complexity index is 160. The lowest BCUT2D eigenvalue weighted by molar-refractivity contribution is 1.03. The second kappa shape index (κ2) is 10.2. The van der Waals surface area contributed by atoms with Crippen molar-refractivity contribution in [3.8, 4) is 0 Å². The van der Waals surface area contributed by atoms with Gasteiger partial charge in [0, 0.05) is 11.9 Å². The van der Waals surface area contributed by atoms with E-state index in [9.17, 15) is 0 Å². The van der Waals surface area contributed by atoms with E-state index >= 15 is 0 Å². The number of hydrogen-bond acceptors (Lipinski definition) is 1. The van der Waals surface area contributed by atoms with Gasteiger partial charge in [-0.2, -0.15) is 0 Å². The van der Waals surface area contributed by atoms with Gasteiger partial charge in [-0.15, -0.1) is 0 Å². The first-order chi connectivity index (χ1) is 5.72. The molecule has 0 N–H and O–H groups in total. The first-order valence-electron chi connectivity index (χ1n) is 4.53. The molecule has 0 radical (unpaired) electrons. The van der Waals surface area contributed by atoms with Crippen LogP contribution in [0.25, 0.3) is 0 Å². The van der Waals surface area contributed by atoms with Crippen LogP contribution in [0.1, 0.15) is 41.0 Å². The van der Waals surface area contributed by atoms with E-state index in [-0.39, 0.29) is 0 Å². The fourth-order valence-corrected chi connectivity index (χ4v) is 0.717. The van der Waals surface area contributed by atoms with Gasteiger partial charge in [-0.25, -0.2) is 0 Å². The minimum absolute atomic E-state index is 0.993. The predicted molar refractivity (Wildman–Crippen MR) is 58.7 cm³/mol. The molecule has 0 unspecified atom stereocenters. The van der Waals surface area contributed by atoms with Crippen molar-refractivity contribution in [1.82, 2.24) is 0 Å². The molecule has 0 aromatic heterocycles. The number of hydrogen-bond donors (Lipinski definition) is 0. The third kappa shape index (κ3) is 7.26. The first-order valence-corrected chi connectivity index (χ1v) is 4.53. The Labute approximate surface area is 76.9 Å². The van der Waals surface area contributed by atoms with Crippen LogP contribution in [0.2, 0.25) is 0 Å². The van der Waals surface area contributed by atoms with Crippen LogP contribution in [-0.2, 0) is 0 Å². The summed E-state index contributed by atoms with van der Waals surface area (Å²) in [6.45, 7) is 13.8. The van der Waals surface area contributed by atoms with E-state index in [0.29, 0.717) is 0 Å². The molecule has 0 saturated carbocycles. The number of nitrogens with zero attached hydrogens (tertiary/aromatic N) is 1. The van der Waals surface area contributed by atoms with Gasteiger partial charge < -0.3 is 0 Å². The molecule has 0 aliphatic heterocycles. The molecule has 0 saturated heterocycles. The summed E-state index contributed by atoms with van der Waals surface area (Å²) in [6, 6.07) is 0. The summed E-state index contributed by atoms with van der Waals surface area (Å²) in [4.78, 5) is 4.20. The van der Waals surface area contributed by atoms with E-state index in [1.54, 1.807) is 12.3 Å². The summed E-state index contributed by atoms with van der Waals surface area (Å²) in [6.07, 6.45) is 4.41. The van der Waals surface area contributed by atoms with Crippen molar-refractivity contribution in [2.75, 3.05) is 0 Å². The molecule has 12 heavy (non-hydrogen) atoms. The van der Waals surface area contributed by atoms with E-state index < -0.39 is 0 Å². The zero-order chi connectivity index (χ0) is 9.98. The Morgan fingerprint density at radius 3 is 2.08 bits per heavy atom. The summed E-state index contributed by atoms with van der Waals surface area (Å²) in [5.74, 6) is 0. The molecule has 0 aliphatic rings. The van der Waals surface area contributed by atoms with Crippen molar-refractivity contribution in [3.05, 3.63) is 23.9 Å². The van der Waals surface area contributed by atoms with E-state index in [1.807, 2.05) is 13.8 Å². The second-order valence-electron chi connectivity index (χ2n) is 2.31. The molecule has 0 aromatic carbocycles. The van der Waals surface area contributed by atoms with Crippen molar-refractivity contribution in [1.29, 1.82) is 0 Å². The summed E-state index contributed by atoms with van der Waals surface area (Å²) >= 11 is 0. The highest BCUT2D eigenvalue weighted by atomic mass is 14.7. The highest BCUT2D eigenvalue weighted by Crippen LogP contribution is 2.07. The Balaban J connectivity index is 0. The molecule has 0 atom stereocenters. The minimum Gasteiger partial charge on any atom is -0.261 e. The lowest BCUT2D eigenvalue weighted by Gasteiger charge is -1.97. The van der Waals surface area contributed by atoms with Crippen LogP contribution >= 0.6 is 0 Å². The van der Waals surface area contributed by atoms with Crippen LogP contribution in [0, 0.1) is 0 Å². The summed E-state index contributed by atoms with van der Waals surface area (Å²) < 4.78 is 0. The topological polar surface area (TPSA) is 12.4 Å². The smallest absolute Gasteiger partial charge is 0.0387 e. The lowest BCUT2D eigenvalue weighted by Crippen LogP contribution is -1.79. The normalized spacial score (nSPS) is 8.75. The van der Waals surface area contributed by atoms with Crippen molar-refractivity contribution in [3.63, 3.8) is 0 Å². The predicted octanol–water partition coefficient (Wildman–Crippen LogP) is 3.97. The van der Waals surface area contributed by atoms with Gasteiger partial charge >= 0.3 is 0 Å². The Hall–Kier alpha value is -0.850. The third-order valence-corrected chi connectivity index (χ3v) is 1.25. The molecule has 0 amide bonds. The van der Waals surface area contributed by atoms with Gasteiger partial charge in [0.15, 0.2) is 0 Å².